The lowest BCUT2D eigenvalue weighted by Gasteiger charge is -2.20. The molecule has 0 fully saturated rings. The monoisotopic (exact) mass is 379 g/mol. The van der Waals surface area contributed by atoms with Crippen LogP contribution in [-0.2, 0) is 0 Å². The Hall–Kier alpha value is -3.20. The quantitative estimate of drug-likeness (QED) is 0.339. The third kappa shape index (κ3) is 2.72. The van der Waals surface area contributed by atoms with Crippen molar-refractivity contribution in [3.8, 4) is 11.4 Å². The number of hydrogen-bond acceptors (Lipinski definition) is 2. The molecule has 0 spiro atoms. The minimum absolute atomic E-state index is 0.404. The lowest BCUT2D eigenvalue weighted by atomic mass is 9.88. The number of imidazole rings is 1. The molecule has 3 heteroatoms. The number of aromatic nitrogens is 3. The number of para-hydroxylation sites is 3. The summed E-state index contributed by atoms with van der Waals surface area (Å²) in [5.74, 6) is 1.80. The van der Waals surface area contributed by atoms with Crippen LogP contribution in [0.5, 0.6) is 0 Å². The molecular formula is C26H25N3. The molecule has 0 radical (unpaired) electrons. The summed E-state index contributed by atoms with van der Waals surface area (Å²) in [7, 11) is 0. The Labute approximate surface area is 171 Å². The summed E-state index contributed by atoms with van der Waals surface area (Å²) in [5.41, 5.74) is 7.97. The van der Waals surface area contributed by atoms with E-state index in [0.29, 0.717) is 11.8 Å². The Bertz CT molecular complexity index is 1330. The van der Waals surface area contributed by atoms with Gasteiger partial charge in [-0.1, -0.05) is 70.2 Å². The van der Waals surface area contributed by atoms with E-state index in [1.807, 2.05) is 6.07 Å². The first kappa shape index (κ1) is 17.9. The lowest BCUT2D eigenvalue weighted by Crippen LogP contribution is -2.06. The van der Waals surface area contributed by atoms with Gasteiger partial charge in [-0.05, 0) is 47.2 Å². The lowest BCUT2D eigenvalue weighted by molar-refractivity contribution is 0.833. The summed E-state index contributed by atoms with van der Waals surface area (Å²) in [6.45, 7) is 9.03. The molecule has 0 N–H and O–H groups in total. The van der Waals surface area contributed by atoms with Gasteiger partial charge in [0.2, 0.25) is 0 Å². The molecule has 0 aliphatic rings. The molecule has 3 nitrogen and oxygen atoms in total. The summed E-state index contributed by atoms with van der Waals surface area (Å²) in [5, 5.41) is 1.08. The van der Waals surface area contributed by atoms with Gasteiger partial charge in [-0.15, -0.1) is 0 Å². The van der Waals surface area contributed by atoms with E-state index in [0.717, 1.165) is 33.4 Å². The topological polar surface area (TPSA) is 30.2 Å². The maximum atomic E-state index is 5.21. The number of fused-ring (bicyclic) bond motifs is 5. The fourth-order valence-electron chi connectivity index (χ4n) is 4.32. The van der Waals surface area contributed by atoms with Gasteiger partial charge < -0.3 is 0 Å². The third-order valence-electron chi connectivity index (χ3n) is 5.74. The van der Waals surface area contributed by atoms with Crippen molar-refractivity contribution in [3.05, 3.63) is 77.9 Å². The minimum Gasteiger partial charge on any atom is -0.276 e. The highest BCUT2D eigenvalue weighted by Crippen LogP contribution is 2.38. The van der Waals surface area contributed by atoms with Crippen LogP contribution in [0.4, 0.5) is 0 Å². The van der Waals surface area contributed by atoms with Gasteiger partial charge in [-0.3, -0.25) is 4.40 Å². The average Bonchev–Trinajstić information content (AvgIpc) is 3.12. The van der Waals surface area contributed by atoms with Crippen molar-refractivity contribution in [1.29, 1.82) is 0 Å². The molecule has 0 saturated carbocycles. The van der Waals surface area contributed by atoms with E-state index in [-0.39, 0.29) is 0 Å². The van der Waals surface area contributed by atoms with Gasteiger partial charge >= 0.3 is 0 Å². The van der Waals surface area contributed by atoms with Crippen LogP contribution >= 0.6 is 0 Å². The Balaban J connectivity index is 2.04. The highest BCUT2D eigenvalue weighted by atomic mass is 15.1. The zero-order chi connectivity index (χ0) is 20.1. The standard InChI is InChI=1S/C26H25N3/c1-16(2)18-11-9-12-19(17(3)4)24(18)26-27-21-13-6-5-10-20(21)25-28-22-14-7-8-15-23(22)29(25)26/h5-17H,1-4H3. The molecule has 5 aromatic rings. The van der Waals surface area contributed by atoms with E-state index in [1.165, 1.54) is 16.7 Å². The molecule has 3 aromatic carbocycles. The molecule has 0 atom stereocenters. The summed E-state index contributed by atoms with van der Waals surface area (Å²) in [4.78, 5) is 10.2. The SMILES string of the molecule is CC(C)c1cccc(C(C)C)c1-c1nc2ccccc2c2nc3ccccc3n12. The molecule has 0 saturated heterocycles. The maximum Gasteiger partial charge on any atom is 0.149 e. The normalized spacial score (nSPS) is 12.1. The van der Waals surface area contributed by atoms with E-state index in [4.69, 9.17) is 9.97 Å². The first-order valence-corrected chi connectivity index (χ1v) is 10.4. The third-order valence-corrected chi connectivity index (χ3v) is 5.74. The summed E-state index contributed by atoms with van der Waals surface area (Å²) < 4.78 is 2.25. The van der Waals surface area contributed by atoms with Crippen LogP contribution in [0.2, 0.25) is 0 Å². The van der Waals surface area contributed by atoms with Crippen LogP contribution in [0.15, 0.2) is 66.7 Å². The van der Waals surface area contributed by atoms with Crippen molar-refractivity contribution in [2.45, 2.75) is 39.5 Å². The molecule has 0 aliphatic carbocycles. The van der Waals surface area contributed by atoms with Crippen LogP contribution in [0.3, 0.4) is 0 Å². The van der Waals surface area contributed by atoms with E-state index < -0.39 is 0 Å². The summed E-state index contributed by atoms with van der Waals surface area (Å²) in [6, 6.07) is 23.3. The van der Waals surface area contributed by atoms with Crippen molar-refractivity contribution < 1.29 is 0 Å². The molecule has 0 bridgehead atoms. The minimum atomic E-state index is 0.404. The Morgan fingerprint density at radius 2 is 1.28 bits per heavy atom. The van der Waals surface area contributed by atoms with Crippen LogP contribution in [0.25, 0.3) is 39.0 Å². The van der Waals surface area contributed by atoms with Crippen molar-refractivity contribution in [2.75, 3.05) is 0 Å². The summed E-state index contributed by atoms with van der Waals surface area (Å²) in [6.07, 6.45) is 0. The molecule has 5 rings (SSSR count). The first-order chi connectivity index (χ1) is 14.1. The predicted molar refractivity (Wildman–Crippen MR) is 122 cm³/mol. The van der Waals surface area contributed by atoms with E-state index >= 15 is 0 Å². The van der Waals surface area contributed by atoms with Gasteiger partial charge in [0.25, 0.3) is 0 Å². The highest BCUT2D eigenvalue weighted by Gasteiger charge is 2.21. The number of benzene rings is 3. The largest absolute Gasteiger partial charge is 0.276 e. The van der Waals surface area contributed by atoms with E-state index in [2.05, 4.69) is 92.8 Å². The van der Waals surface area contributed by atoms with Crippen LogP contribution in [0, 0.1) is 0 Å². The van der Waals surface area contributed by atoms with Gasteiger partial charge in [-0.25, -0.2) is 9.97 Å². The van der Waals surface area contributed by atoms with E-state index in [9.17, 15) is 0 Å². The molecule has 0 aliphatic heterocycles. The summed E-state index contributed by atoms with van der Waals surface area (Å²) >= 11 is 0. The molecule has 2 heterocycles. The molecular weight excluding hydrogens is 354 g/mol. The van der Waals surface area contributed by atoms with Crippen LogP contribution in [-0.4, -0.2) is 14.4 Å². The van der Waals surface area contributed by atoms with Crippen molar-refractivity contribution in [2.24, 2.45) is 0 Å². The zero-order valence-corrected chi connectivity index (χ0v) is 17.3. The van der Waals surface area contributed by atoms with Gasteiger partial charge in [0.15, 0.2) is 0 Å². The second kappa shape index (κ2) is 6.70. The fraction of sp³-hybridized carbons (Fsp3) is 0.231. The Morgan fingerprint density at radius 1 is 0.655 bits per heavy atom. The smallest absolute Gasteiger partial charge is 0.149 e. The van der Waals surface area contributed by atoms with E-state index in [1.54, 1.807) is 0 Å². The van der Waals surface area contributed by atoms with Crippen molar-refractivity contribution in [3.63, 3.8) is 0 Å². The van der Waals surface area contributed by atoms with Gasteiger partial charge in [0.05, 0.1) is 16.6 Å². The predicted octanol–water partition coefficient (Wildman–Crippen LogP) is 6.95. The second-order valence-corrected chi connectivity index (χ2v) is 8.33. The molecule has 0 unspecified atom stereocenters. The Morgan fingerprint density at radius 3 is 1.97 bits per heavy atom. The van der Waals surface area contributed by atoms with Gasteiger partial charge in [0.1, 0.15) is 11.5 Å². The molecule has 0 amide bonds. The zero-order valence-electron chi connectivity index (χ0n) is 17.3. The number of nitrogens with zero attached hydrogens (tertiary/aromatic N) is 3. The van der Waals surface area contributed by atoms with Crippen LogP contribution in [0.1, 0.15) is 50.7 Å². The second-order valence-electron chi connectivity index (χ2n) is 8.33. The maximum absolute atomic E-state index is 5.21. The van der Waals surface area contributed by atoms with Crippen molar-refractivity contribution in [1.82, 2.24) is 14.4 Å². The fourth-order valence-corrected chi connectivity index (χ4v) is 4.32. The molecule has 144 valence electrons. The number of hydrogen-bond donors (Lipinski definition) is 0. The van der Waals surface area contributed by atoms with Crippen molar-refractivity contribution >= 4 is 27.6 Å². The highest BCUT2D eigenvalue weighted by molar-refractivity contribution is 5.98. The Kier molecular flexibility index (Phi) is 4.13. The first-order valence-electron chi connectivity index (χ1n) is 10.4. The van der Waals surface area contributed by atoms with Gasteiger partial charge in [-0.2, -0.15) is 0 Å². The number of rotatable bonds is 3. The molecule has 2 aromatic heterocycles. The van der Waals surface area contributed by atoms with Crippen LogP contribution < -0.4 is 0 Å². The van der Waals surface area contributed by atoms with Gasteiger partial charge in [0, 0.05) is 10.9 Å². The average molecular weight is 380 g/mol. The molecule has 29 heavy (non-hydrogen) atoms.